The van der Waals surface area contributed by atoms with Crippen LogP contribution in [0.15, 0.2) is 30.3 Å². The first-order valence-corrected chi connectivity index (χ1v) is 6.64. The van der Waals surface area contributed by atoms with E-state index in [1.165, 1.54) is 5.56 Å². The van der Waals surface area contributed by atoms with Gasteiger partial charge in [-0.15, -0.1) is 6.04 Å². The molecule has 0 aliphatic rings. The SMILES string of the molecule is C[N-][C@@H](c1ccccc1)[C@@H](C)CNCCN(C)C. The molecule has 0 aliphatic heterocycles. The van der Waals surface area contributed by atoms with E-state index in [4.69, 9.17) is 0 Å². The van der Waals surface area contributed by atoms with E-state index in [0.717, 1.165) is 19.6 Å². The molecule has 3 nitrogen and oxygen atoms in total. The molecule has 0 saturated heterocycles. The Hall–Kier alpha value is -0.900. The van der Waals surface area contributed by atoms with Crippen LogP contribution >= 0.6 is 0 Å². The molecule has 0 bridgehead atoms. The lowest BCUT2D eigenvalue weighted by atomic mass is 9.94. The molecule has 1 rings (SSSR count). The van der Waals surface area contributed by atoms with Crippen molar-refractivity contribution in [2.45, 2.75) is 13.0 Å². The van der Waals surface area contributed by atoms with Crippen molar-refractivity contribution in [3.8, 4) is 0 Å². The molecule has 0 heterocycles. The normalized spacial score (nSPS) is 14.7. The van der Waals surface area contributed by atoms with Gasteiger partial charge in [0.25, 0.3) is 0 Å². The first kappa shape index (κ1) is 15.2. The van der Waals surface area contributed by atoms with E-state index < -0.39 is 0 Å². The molecule has 18 heavy (non-hydrogen) atoms. The zero-order valence-electron chi connectivity index (χ0n) is 12.1. The average molecular weight is 248 g/mol. The van der Waals surface area contributed by atoms with E-state index in [2.05, 4.69) is 66.9 Å². The van der Waals surface area contributed by atoms with Crippen molar-refractivity contribution in [3.63, 3.8) is 0 Å². The van der Waals surface area contributed by atoms with Crippen LogP contribution in [-0.2, 0) is 0 Å². The van der Waals surface area contributed by atoms with Gasteiger partial charge in [-0.3, -0.25) is 0 Å². The van der Waals surface area contributed by atoms with Crippen molar-refractivity contribution in [1.29, 1.82) is 0 Å². The van der Waals surface area contributed by atoms with Gasteiger partial charge in [0.05, 0.1) is 0 Å². The Balaban J connectivity index is 2.41. The number of benzene rings is 1. The topological polar surface area (TPSA) is 29.4 Å². The van der Waals surface area contributed by atoms with E-state index >= 15 is 0 Å². The van der Waals surface area contributed by atoms with Crippen molar-refractivity contribution in [1.82, 2.24) is 10.2 Å². The molecule has 0 amide bonds. The summed E-state index contributed by atoms with van der Waals surface area (Å²) in [6, 6.07) is 10.8. The van der Waals surface area contributed by atoms with Gasteiger partial charge in [-0.2, -0.15) is 7.05 Å². The van der Waals surface area contributed by atoms with E-state index in [-0.39, 0.29) is 6.04 Å². The van der Waals surface area contributed by atoms with E-state index in [1.807, 2.05) is 7.05 Å². The fourth-order valence-electron chi connectivity index (χ4n) is 2.13. The van der Waals surface area contributed by atoms with Gasteiger partial charge >= 0.3 is 0 Å². The molecule has 0 aromatic heterocycles. The highest BCUT2D eigenvalue weighted by molar-refractivity contribution is 5.23. The largest absolute Gasteiger partial charge is 0.658 e. The highest BCUT2D eigenvalue weighted by Gasteiger charge is 2.09. The van der Waals surface area contributed by atoms with Gasteiger partial charge in [-0.05, 0) is 26.6 Å². The lowest BCUT2D eigenvalue weighted by Crippen LogP contribution is -2.31. The summed E-state index contributed by atoms with van der Waals surface area (Å²) in [5, 5.41) is 8.02. The summed E-state index contributed by atoms with van der Waals surface area (Å²) in [4.78, 5) is 2.19. The number of rotatable bonds is 8. The fourth-order valence-corrected chi connectivity index (χ4v) is 2.13. The van der Waals surface area contributed by atoms with Gasteiger partial charge in [0.15, 0.2) is 0 Å². The summed E-state index contributed by atoms with van der Waals surface area (Å²) < 4.78 is 0. The minimum absolute atomic E-state index is 0.290. The Morgan fingerprint density at radius 2 is 1.89 bits per heavy atom. The zero-order chi connectivity index (χ0) is 13.4. The van der Waals surface area contributed by atoms with Crippen LogP contribution in [0.3, 0.4) is 0 Å². The van der Waals surface area contributed by atoms with Gasteiger partial charge < -0.3 is 15.5 Å². The first-order valence-electron chi connectivity index (χ1n) is 6.64. The van der Waals surface area contributed by atoms with Crippen molar-refractivity contribution < 1.29 is 0 Å². The maximum Gasteiger partial charge on any atom is 0.0101 e. The molecule has 0 fully saturated rings. The van der Waals surface area contributed by atoms with Crippen LogP contribution in [-0.4, -0.2) is 45.7 Å². The Labute approximate surface area is 112 Å². The molecule has 0 saturated carbocycles. The predicted octanol–water partition coefficient (Wildman–Crippen LogP) is 2.52. The molecule has 1 aromatic rings. The van der Waals surface area contributed by atoms with Crippen LogP contribution in [0.25, 0.3) is 5.32 Å². The van der Waals surface area contributed by atoms with E-state index in [0.29, 0.717) is 5.92 Å². The second-order valence-corrected chi connectivity index (χ2v) is 5.10. The third-order valence-electron chi connectivity index (χ3n) is 3.16. The summed E-state index contributed by atoms with van der Waals surface area (Å²) in [5.41, 5.74) is 1.31. The molecule has 1 aromatic carbocycles. The molecular weight excluding hydrogens is 222 g/mol. The van der Waals surface area contributed by atoms with Crippen molar-refractivity contribution in [2.75, 3.05) is 40.8 Å². The van der Waals surface area contributed by atoms with Gasteiger partial charge in [0, 0.05) is 13.1 Å². The number of likely N-dealkylation sites (N-methyl/N-ethyl adjacent to an activating group) is 1. The molecule has 0 unspecified atom stereocenters. The smallest absolute Gasteiger partial charge is 0.0101 e. The summed E-state index contributed by atoms with van der Waals surface area (Å²) in [7, 11) is 6.10. The summed E-state index contributed by atoms with van der Waals surface area (Å²) in [6.45, 7) is 5.37. The molecule has 0 spiro atoms. The molecule has 0 radical (unpaired) electrons. The maximum absolute atomic E-state index is 4.52. The second-order valence-electron chi connectivity index (χ2n) is 5.10. The van der Waals surface area contributed by atoms with Crippen molar-refractivity contribution in [3.05, 3.63) is 41.2 Å². The number of nitrogens with one attached hydrogen (secondary N) is 1. The highest BCUT2D eigenvalue weighted by atomic mass is 15.1. The predicted molar refractivity (Wildman–Crippen MR) is 79.1 cm³/mol. The highest BCUT2D eigenvalue weighted by Crippen LogP contribution is 2.28. The van der Waals surface area contributed by atoms with Crippen LogP contribution < -0.4 is 5.32 Å². The monoisotopic (exact) mass is 248 g/mol. The molecular formula is C15H26N3-. The Morgan fingerprint density at radius 3 is 2.44 bits per heavy atom. The quantitative estimate of drug-likeness (QED) is 0.716. The van der Waals surface area contributed by atoms with Crippen LogP contribution in [0.5, 0.6) is 0 Å². The van der Waals surface area contributed by atoms with Crippen molar-refractivity contribution >= 4 is 0 Å². The molecule has 2 atom stereocenters. The minimum atomic E-state index is 0.290. The number of hydrogen-bond acceptors (Lipinski definition) is 2. The van der Waals surface area contributed by atoms with Crippen LogP contribution in [0.4, 0.5) is 0 Å². The summed E-state index contributed by atoms with van der Waals surface area (Å²) >= 11 is 0. The molecule has 3 heteroatoms. The van der Waals surface area contributed by atoms with E-state index in [9.17, 15) is 0 Å². The number of nitrogens with zero attached hydrogens (tertiary/aromatic N) is 2. The molecule has 0 aliphatic carbocycles. The second kappa shape index (κ2) is 8.25. The Bertz CT molecular complexity index is 311. The first-order chi connectivity index (χ1) is 8.65. The third-order valence-corrected chi connectivity index (χ3v) is 3.16. The summed E-state index contributed by atoms with van der Waals surface area (Å²) in [5.74, 6) is 0.513. The van der Waals surface area contributed by atoms with Gasteiger partial charge in [-0.1, -0.05) is 42.8 Å². The van der Waals surface area contributed by atoms with Gasteiger partial charge in [0.1, 0.15) is 0 Å². The van der Waals surface area contributed by atoms with Crippen LogP contribution in [0.2, 0.25) is 0 Å². The fraction of sp³-hybridized carbons (Fsp3) is 0.600. The Kier molecular flexibility index (Phi) is 6.94. The van der Waals surface area contributed by atoms with Crippen LogP contribution in [0, 0.1) is 5.92 Å². The van der Waals surface area contributed by atoms with Gasteiger partial charge in [-0.25, -0.2) is 0 Å². The van der Waals surface area contributed by atoms with Crippen molar-refractivity contribution in [2.24, 2.45) is 5.92 Å². The van der Waals surface area contributed by atoms with Gasteiger partial charge in [0.2, 0.25) is 0 Å². The summed E-state index contributed by atoms with van der Waals surface area (Å²) in [6.07, 6.45) is 0. The molecule has 102 valence electrons. The Morgan fingerprint density at radius 1 is 1.22 bits per heavy atom. The van der Waals surface area contributed by atoms with E-state index in [1.54, 1.807) is 0 Å². The maximum atomic E-state index is 4.52. The minimum Gasteiger partial charge on any atom is -0.658 e. The van der Waals surface area contributed by atoms with Crippen LogP contribution in [0.1, 0.15) is 18.5 Å². The lowest BCUT2D eigenvalue weighted by Gasteiger charge is -2.35. The average Bonchev–Trinajstić information content (AvgIpc) is 2.36. The number of hydrogen-bond donors (Lipinski definition) is 1. The standard InChI is InChI=1S/C15H26N3/c1-13(12-17-10-11-18(3)4)15(16-2)14-8-6-5-7-9-14/h5-9,13,15,17H,10-12H2,1-4H3/q-1/t13-,15+/m0/s1. The zero-order valence-corrected chi connectivity index (χ0v) is 12.1. The third kappa shape index (κ3) is 5.17. The molecule has 1 N–H and O–H groups in total. The lowest BCUT2D eigenvalue weighted by molar-refractivity contribution is 0.383.